The first kappa shape index (κ1) is 37.8. The van der Waals surface area contributed by atoms with Crippen molar-refractivity contribution in [3.05, 3.63) is 119 Å². The van der Waals surface area contributed by atoms with E-state index in [1.54, 1.807) is 5.57 Å². The molecule has 0 spiro atoms. The quantitative estimate of drug-likeness (QED) is 0.102. The molecule has 3 atom stereocenters. The van der Waals surface area contributed by atoms with Crippen LogP contribution in [0.3, 0.4) is 0 Å². The van der Waals surface area contributed by atoms with Gasteiger partial charge in [-0.1, -0.05) is 90.3 Å². The molecule has 3 aromatic carbocycles. The number of rotatable bonds is 10. The Bertz CT molecular complexity index is 2240. The van der Waals surface area contributed by atoms with E-state index in [-0.39, 0.29) is 21.1 Å². The maximum Gasteiger partial charge on any atom is 2.00 e. The van der Waals surface area contributed by atoms with E-state index in [1.165, 1.54) is 40.6 Å². The summed E-state index contributed by atoms with van der Waals surface area (Å²) in [5.74, 6) is 4.70. The van der Waals surface area contributed by atoms with Crippen molar-refractivity contribution in [1.29, 1.82) is 0 Å². The third kappa shape index (κ3) is 7.18. The summed E-state index contributed by atoms with van der Waals surface area (Å²) in [6, 6.07) is 28.6. The van der Waals surface area contributed by atoms with Gasteiger partial charge in [-0.2, -0.15) is 11.2 Å². The summed E-state index contributed by atoms with van der Waals surface area (Å²) >= 11 is 0. The van der Waals surface area contributed by atoms with Gasteiger partial charge < -0.3 is 9.30 Å². The number of hydrogen-bond donors (Lipinski definition) is 0. The molecule has 0 saturated heterocycles. The van der Waals surface area contributed by atoms with E-state index in [0.717, 1.165) is 46.5 Å². The first-order valence-electron chi connectivity index (χ1n) is 19.0. The molecule has 0 aliphatic heterocycles. The van der Waals surface area contributed by atoms with E-state index in [9.17, 15) is 0 Å². The minimum absolute atomic E-state index is 0. The molecule has 6 aromatic rings. The summed E-state index contributed by atoms with van der Waals surface area (Å²) in [6.45, 7) is 20.4. The van der Waals surface area contributed by atoms with Crippen LogP contribution in [0.15, 0.2) is 78.5 Å². The molecule has 6 heteroatoms. The summed E-state index contributed by atoms with van der Waals surface area (Å²) in [6.07, 6.45) is 8.91. The Morgan fingerprint density at radius 2 is 1.71 bits per heavy atom. The Balaban J connectivity index is 0.00000464. The molecule has 0 amide bonds. The molecular weight excluding hydrogens is 820 g/mol. The third-order valence-electron chi connectivity index (χ3n) is 10.8. The molecular formula is C46H52N4OPt. The second-order valence-corrected chi connectivity index (χ2v) is 15.4. The predicted octanol–water partition coefficient (Wildman–Crippen LogP) is 12.2. The van der Waals surface area contributed by atoms with Crippen molar-refractivity contribution in [1.82, 2.24) is 19.3 Å². The van der Waals surface area contributed by atoms with Gasteiger partial charge in [-0.25, -0.2) is 4.98 Å². The summed E-state index contributed by atoms with van der Waals surface area (Å²) in [4.78, 5) is 4.84. The van der Waals surface area contributed by atoms with Gasteiger partial charge in [0.2, 0.25) is 0 Å². The molecule has 272 valence electrons. The van der Waals surface area contributed by atoms with Crippen LogP contribution in [0.5, 0.6) is 11.5 Å². The average Bonchev–Trinajstić information content (AvgIpc) is 3.59. The summed E-state index contributed by atoms with van der Waals surface area (Å²) in [5, 5.41) is 7.47. The van der Waals surface area contributed by atoms with Crippen molar-refractivity contribution in [3.63, 3.8) is 0 Å². The van der Waals surface area contributed by atoms with Crippen LogP contribution in [0.25, 0.3) is 33.3 Å². The molecule has 1 aliphatic rings. The van der Waals surface area contributed by atoms with Gasteiger partial charge >= 0.3 is 21.1 Å². The van der Waals surface area contributed by atoms with Gasteiger partial charge in [0.25, 0.3) is 0 Å². The minimum Gasteiger partial charge on any atom is -0.509 e. The minimum atomic E-state index is 0. The molecule has 0 saturated carbocycles. The molecule has 0 N–H and O–H groups in total. The van der Waals surface area contributed by atoms with Gasteiger partial charge in [-0.05, 0) is 91.6 Å². The first-order valence-corrected chi connectivity index (χ1v) is 19.0. The molecule has 7 rings (SSSR count). The van der Waals surface area contributed by atoms with Gasteiger partial charge in [-0.15, -0.1) is 41.3 Å². The van der Waals surface area contributed by atoms with Crippen LogP contribution in [0.1, 0.15) is 108 Å². The molecule has 3 heterocycles. The number of ether oxygens (including phenoxy) is 1. The Morgan fingerprint density at radius 3 is 2.44 bits per heavy atom. The Morgan fingerprint density at radius 1 is 0.923 bits per heavy atom. The maximum absolute atomic E-state index is 6.68. The van der Waals surface area contributed by atoms with Gasteiger partial charge in [-0.3, -0.25) is 4.68 Å². The summed E-state index contributed by atoms with van der Waals surface area (Å²) in [7, 11) is 0. The SMILES string of the molecule is CCC1=C[C@H](C)C[C@H](CC)C1c1c(C)nn(-c2[c-]c(Oc3[c-]c4c(cc3)c3ccccc3n4-c3cc(CC(C)C)ccn3)cc(C(C)C)c2)c1C.[Pt+2]. The van der Waals surface area contributed by atoms with Crippen molar-refractivity contribution in [2.45, 2.75) is 99.8 Å². The zero-order valence-electron chi connectivity index (χ0n) is 32.2. The second kappa shape index (κ2) is 15.6. The fourth-order valence-electron chi connectivity index (χ4n) is 8.48. The number of allylic oxidation sites excluding steroid dienone is 2. The zero-order chi connectivity index (χ0) is 36.0. The van der Waals surface area contributed by atoms with Crippen molar-refractivity contribution in [2.24, 2.45) is 17.8 Å². The normalized spacial score (nSPS) is 17.6. The van der Waals surface area contributed by atoms with Crippen LogP contribution >= 0.6 is 0 Å². The smallest absolute Gasteiger partial charge is 0.509 e. The van der Waals surface area contributed by atoms with Crippen molar-refractivity contribution < 1.29 is 25.8 Å². The van der Waals surface area contributed by atoms with E-state index in [4.69, 9.17) is 14.8 Å². The van der Waals surface area contributed by atoms with Crippen LogP contribution in [-0.4, -0.2) is 19.3 Å². The molecule has 5 nitrogen and oxygen atoms in total. The fraction of sp³-hybridized carbons (Fsp3) is 0.391. The zero-order valence-corrected chi connectivity index (χ0v) is 34.4. The number of pyridine rings is 1. The number of fused-ring (bicyclic) bond motifs is 3. The van der Waals surface area contributed by atoms with Gasteiger partial charge in [0, 0.05) is 40.4 Å². The van der Waals surface area contributed by atoms with Gasteiger partial charge in [0.15, 0.2) is 0 Å². The van der Waals surface area contributed by atoms with Crippen molar-refractivity contribution in [3.8, 4) is 23.0 Å². The molecule has 0 bridgehead atoms. The van der Waals surface area contributed by atoms with Crippen LogP contribution < -0.4 is 4.74 Å². The van der Waals surface area contributed by atoms with Crippen LogP contribution in [-0.2, 0) is 27.5 Å². The third-order valence-corrected chi connectivity index (χ3v) is 10.8. The largest absolute Gasteiger partial charge is 2.00 e. The first-order chi connectivity index (χ1) is 24.6. The number of hydrogen-bond acceptors (Lipinski definition) is 3. The van der Waals surface area contributed by atoms with Crippen LogP contribution in [0, 0.1) is 43.7 Å². The predicted molar refractivity (Wildman–Crippen MR) is 211 cm³/mol. The Kier molecular flexibility index (Phi) is 11.3. The Hall–Kier alpha value is -3.95. The maximum atomic E-state index is 6.68. The van der Waals surface area contributed by atoms with E-state index in [0.29, 0.717) is 41.1 Å². The van der Waals surface area contributed by atoms with Gasteiger partial charge in [0.05, 0.1) is 5.69 Å². The van der Waals surface area contributed by atoms with Gasteiger partial charge in [0.1, 0.15) is 5.82 Å². The van der Waals surface area contributed by atoms with E-state index in [1.807, 2.05) is 12.3 Å². The number of aryl methyl sites for hydroxylation is 1. The standard InChI is InChI=1S/C46H52N4O.Pt/c1-10-34-21-30(7)22-35(11-2)46(34)45-31(8)48-50(32(45)9)37-24-36(29(5)6)25-39(26-37)51-38-16-17-41-40-14-12-13-15-42(40)49(43(41)27-38)44-23-33(18-19-47-44)20-28(3)4;/h12-19,21,23-25,28-30,35,46H,10-11,20,22H2,1-9H3;/q-2;+2/t30-,35-,46?;/m0./s1. The second-order valence-electron chi connectivity index (χ2n) is 15.4. The molecule has 0 fully saturated rings. The monoisotopic (exact) mass is 871 g/mol. The topological polar surface area (TPSA) is 44.9 Å². The summed E-state index contributed by atoms with van der Waals surface area (Å²) in [5.41, 5.74) is 10.6. The van der Waals surface area contributed by atoms with Crippen molar-refractivity contribution >= 4 is 21.8 Å². The number of benzene rings is 3. The van der Waals surface area contributed by atoms with Crippen molar-refractivity contribution in [2.75, 3.05) is 0 Å². The molecule has 1 unspecified atom stereocenters. The van der Waals surface area contributed by atoms with E-state index >= 15 is 0 Å². The number of para-hydroxylation sites is 1. The van der Waals surface area contributed by atoms with Crippen LogP contribution in [0.2, 0.25) is 0 Å². The fourth-order valence-corrected chi connectivity index (χ4v) is 8.48. The molecule has 3 aromatic heterocycles. The molecule has 52 heavy (non-hydrogen) atoms. The number of nitrogens with zero attached hydrogens (tertiary/aromatic N) is 4. The van der Waals surface area contributed by atoms with E-state index < -0.39 is 0 Å². The molecule has 0 radical (unpaired) electrons. The summed E-state index contributed by atoms with van der Waals surface area (Å²) < 4.78 is 11.0. The van der Waals surface area contributed by atoms with E-state index in [2.05, 4.69) is 144 Å². The Labute approximate surface area is 324 Å². The molecule has 1 aliphatic carbocycles. The average molecular weight is 872 g/mol. The van der Waals surface area contributed by atoms with Crippen LogP contribution in [0.4, 0.5) is 0 Å². The number of aromatic nitrogens is 4.